The maximum atomic E-state index is 6.39. The van der Waals surface area contributed by atoms with Gasteiger partial charge in [0, 0.05) is 0 Å². The molecule has 504 valence electrons. The van der Waals surface area contributed by atoms with Gasteiger partial charge in [-0.15, -0.1) is 0 Å². The lowest BCUT2D eigenvalue weighted by Gasteiger charge is -2.33. The van der Waals surface area contributed by atoms with E-state index < -0.39 is 5.41 Å². The van der Waals surface area contributed by atoms with Crippen molar-refractivity contribution < 1.29 is 56.8 Å². The van der Waals surface area contributed by atoms with Gasteiger partial charge >= 0.3 is 0 Å². The molecule has 0 bridgehead atoms. The molecule has 0 saturated heterocycles. The highest BCUT2D eigenvalue weighted by atomic mass is 16.6. The molecule has 0 saturated carbocycles. The molecule has 0 aliphatic heterocycles. The van der Waals surface area contributed by atoms with Crippen LogP contribution in [0.25, 0.3) is 0 Å². The first-order valence-electron chi connectivity index (χ1n) is 33.1. The summed E-state index contributed by atoms with van der Waals surface area (Å²) in [6, 6.07) is 33.8. The highest BCUT2D eigenvalue weighted by molar-refractivity contribution is 5.35. The molecule has 0 unspecified atom stereocenters. The van der Waals surface area contributed by atoms with Gasteiger partial charge in [0.2, 0.25) is 0 Å². The Morgan fingerprint density at radius 1 is 0.202 bits per heavy atom. The van der Waals surface area contributed by atoms with Gasteiger partial charge in [-0.1, -0.05) is 187 Å². The summed E-state index contributed by atoms with van der Waals surface area (Å²) in [4.78, 5) is 0. The Balaban J connectivity index is 1.33. The molecular weight excluding hydrogens is 1120 g/mol. The van der Waals surface area contributed by atoms with Gasteiger partial charge in [0.25, 0.3) is 0 Å². The van der Waals surface area contributed by atoms with Crippen LogP contribution in [0.4, 0.5) is 0 Å². The van der Waals surface area contributed by atoms with Crippen molar-refractivity contribution in [2.45, 2.75) is 186 Å². The average Bonchev–Trinajstić information content (AvgIpc) is 2.02. The standard InChI is InChI=1S/C77H124O12/c1-69(2,3)53-73(13,14)61-21-29-65(30-22-61)86-49-45-78-37-41-82-57-77(58-83-42-38-79-46-50-87-66-31-23-62(24-32-66)74(15,16)54-70(4,5)6,59-84-43-39-80-47-51-88-67-33-25-63(26-34-67)75(17,18)55-71(7,8)9)60-85-44-40-81-48-52-89-68-35-27-64(28-36-68)76(19,20)56-72(10,11)12/h21-36H,37-60H2,1-20H3. The number of rotatable bonds is 44. The largest absolute Gasteiger partial charge is 0.491 e. The van der Waals surface area contributed by atoms with E-state index in [0.29, 0.717) is 132 Å². The topological polar surface area (TPSA) is 111 Å². The van der Waals surface area contributed by atoms with Gasteiger partial charge in [-0.3, -0.25) is 0 Å². The van der Waals surface area contributed by atoms with Crippen LogP contribution >= 0.6 is 0 Å². The highest BCUT2D eigenvalue weighted by Gasteiger charge is 2.34. The van der Waals surface area contributed by atoms with Gasteiger partial charge in [-0.25, -0.2) is 0 Å². The van der Waals surface area contributed by atoms with E-state index in [1.165, 1.54) is 22.3 Å². The molecule has 0 fully saturated rings. The van der Waals surface area contributed by atoms with Crippen LogP contribution in [0, 0.1) is 27.1 Å². The lowest BCUT2D eigenvalue weighted by Crippen LogP contribution is -2.43. The van der Waals surface area contributed by atoms with E-state index in [-0.39, 0.29) is 43.3 Å². The maximum absolute atomic E-state index is 6.39. The maximum Gasteiger partial charge on any atom is 0.119 e. The third kappa shape index (κ3) is 32.3. The van der Waals surface area contributed by atoms with Gasteiger partial charge in [-0.2, -0.15) is 0 Å². The van der Waals surface area contributed by atoms with Gasteiger partial charge in [0.1, 0.15) is 49.4 Å². The predicted molar refractivity (Wildman–Crippen MR) is 365 cm³/mol. The monoisotopic (exact) mass is 1240 g/mol. The van der Waals surface area contributed by atoms with E-state index in [9.17, 15) is 0 Å². The third-order valence-electron chi connectivity index (χ3n) is 15.5. The Kier molecular flexibility index (Phi) is 31.5. The molecule has 4 rings (SSSR count). The minimum atomic E-state index is -0.680. The van der Waals surface area contributed by atoms with Crippen molar-refractivity contribution >= 4 is 0 Å². The molecule has 0 amide bonds. The smallest absolute Gasteiger partial charge is 0.119 e. The average molecular weight is 1240 g/mol. The first-order valence-corrected chi connectivity index (χ1v) is 33.1. The lowest BCUT2D eigenvalue weighted by molar-refractivity contribution is -0.122. The van der Waals surface area contributed by atoms with E-state index in [1.54, 1.807) is 0 Å². The Morgan fingerprint density at radius 3 is 0.528 bits per heavy atom. The summed E-state index contributed by atoms with van der Waals surface area (Å²) in [5.74, 6) is 3.30. The fourth-order valence-electron chi connectivity index (χ4n) is 12.9. The minimum Gasteiger partial charge on any atom is -0.491 e. The summed E-state index contributed by atoms with van der Waals surface area (Å²) < 4.78 is 73.8. The Labute approximate surface area is 541 Å². The zero-order chi connectivity index (χ0) is 65.9. The number of hydrogen-bond acceptors (Lipinski definition) is 12. The summed E-state index contributed by atoms with van der Waals surface area (Å²) >= 11 is 0. The third-order valence-corrected chi connectivity index (χ3v) is 15.5. The molecule has 0 spiro atoms. The quantitative estimate of drug-likeness (QED) is 0.0393. The predicted octanol–water partition coefficient (Wildman–Crippen LogP) is 17.3. The normalized spacial score (nSPS) is 13.3. The van der Waals surface area contributed by atoms with Crippen LogP contribution in [0.3, 0.4) is 0 Å². The molecule has 0 aromatic heterocycles. The van der Waals surface area contributed by atoms with Crippen molar-refractivity contribution in [1.29, 1.82) is 0 Å². The van der Waals surface area contributed by atoms with Crippen molar-refractivity contribution in [2.24, 2.45) is 27.1 Å². The van der Waals surface area contributed by atoms with Gasteiger partial charge < -0.3 is 56.8 Å². The molecule has 4 aromatic carbocycles. The van der Waals surface area contributed by atoms with Crippen LogP contribution < -0.4 is 18.9 Å². The molecule has 0 aliphatic rings. The Morgan fingerprint density at radius 2 is 0.360 bits per heavy atom. The minimum absolute atomic E-state index is 0.0654. The number of hydrogen-bond donors (Lipinski definition) is 0. The SMILES string of the molecule is CC(C)(C)CC(C)(C)c1ccc(OCCOCCOCC(COCCOCCOc2ccc(C(C)(C)CC(C)(C)C)cc2)(COCCOCCOc2ccc(C(C)(C)CC(C)(C)C)cc2)COCCOCCOc2ccc(C(C)(C)CC(C)(C)C)cc2)cc1. The zero-order valence-electron chi connectivity index (χ0n) is 59.6. The highest BCUT2D eigenvalue weighted by Crippen LogP contribution is 2.40. The Hall–Kier alpha value is -4.24. The van der Waals surface area contributed by atoms with E-state index in [1.807, 2.05) is 0 Å². The Bertz CT molecular complexity index is 2150. The van der Waals surface area contributed by atoms with Crippen molar-refractivity contribution in [3.8, 4) is 23.0 Å². The summed E-state index contributed by atoms with van der Waals surface area (Å²) in [5.41, 5.74) is 5.73. The molecule has 0 radical (unpaired) electrons. The van der Waals surface area contributed by atoms with Crippen molar-refractivity contribution in [1.82, 2.24) is 0 Å². The van der Waals surface area contributed by atoms with Gasteiger partial charge in [0.05, 0.1) is 111 Å². The van der Waals surface area contributed by atoms with Crippen LogP contribution in [-0.2, 0) is 59.6 Å². The summed E-state index contributed by atoms with van der Waals surface area (Å²) in [6.45, 7) is 53.5. The summed E-state index contributed by atoms with van der Waals surface area (Å²) in [7, 11) is 0. The van der Waals surface area contributed by atoms with E-state index >= 15 is 0 Å². The fraction of sp³-hybridized carbons (Fsp3) is 0.688. The van der Waals surface area contributed by atoms with Crippen LogP contribution in [-0.4, -0.2) is 132 Å². The summed E-state index contributed by atoms with van der Waals surface area (Å²) in [5, 5.41) is 0. The molecule has 0 atom stereocenters. The molecule has 0 heterocycles. The first kappa shape index (κ1) is 77.2. The van der Waals surface area contributed by atoms with Crippen molar-refractivity contribution in [2.75, 3.05) is 132 Å². The molecule has 89 heavy (non-hydrogen) atoms. The summed E-state index contributed by atoms with van der Waals surface area (Å²) in [6.07, 6.45) is 4.34. The molecule has 0 N–H and O–H groups in total. The van der Waals surface area contributed by atoms with Crippen molar-refractivity contribution in [3.05, 3.63) is 119 Å². The van der Waals surface area contributed by atoms with E-state index in [2.05, 4.69) is 236 Å². The second-order valence-electron chi connectivity index (χ2n) is 32.1. The second-order valence-corrected chi connectivity index (χ2v) is 32.1. The molecule has 4 aromatic rings. The van der Waals surface area contributed by atoms with Gasteiger partial charge in [-0.05, 0) is 140 Å². The fourth-order valence-corrected chi connectivity index (χ4v) is 12.9. The second kappa shape index (κ2) is 36.3. The van der Waals surface area contributed by atoms with Crippen LogP contribution in [0.15, 0.2) is 97.1 Å². The van der Waals surface area contributed by atoms with Crippen LogP contribution in [0.2, 0.25) is 0 Å². The van der Waals surface area contributed by atoms with E-state index in [0.717, 1.165) is 48.7 Å². The van der Waals surface area contributed by atoms with Crippen LogP contribution in [0.5, 0.6) is 23.0 Å². The first-order chi connectivity index (χ1) is 41.6. The zero-order valence-corrected chi connectivity index (χ0v) is 59.6. The molecule has 12 nitrogen and oxygen atoms in total. The molecule has 0 aliphatic carbocycles. The lowest BCUT2D eigenvalue weighted by atomic mass is 9.72. The van der Waals surface area contributed by atoms with E-state index in [4.69, 9.17) is 56.8 Å². The van der Waals surface area contributed by atoms with Crippen LogP contribution in [0.1, 0.15) is 186 Å². The number of ether oxygens (including phenoxy) is 12. The number of benzene rings is 4. The molecular formula is C77H124O12. The molecule has 12 heteroatoms. The van der Waals surface area contributed by atoms with Crippen molar-refractivity contribution in [3.63, 3.8) is 0 Å². The van der Waals surface area contributed by atoms with Gasteiger partial charge in [0.15, 0.2) is 0 Å².